The lowest BCUT2D eigenvalue weighted by molar-refractivity contribution is -0.143. The summed E-state index contributed by atoms with van der Waals surface area (Å²) in [6, 6.07) is -0.621. The molecule has 2 unspecified atom stereocenters. The van der Waals surface area contributed by atoms with Crippen LogP contribution in [0.25, 0.3) is 0 Å². The van der Waals surface area contributed by atoms with Crippen LogP contribution in [0, 0.1) is 0 Å². The van der Waals surface area contributed by atoms with Crippen LogP contribution in [-0.2, 0) is 14.3 Å². The van der Waals surface area contributed by atoms with E-state index in [1.54, 1.807) is 6.08 Å². The van der Waals surface area contributed by atoms with E-state index >= 15 is 0 Å². The summed E-state index contributed by atoms with van der Waals surface area (Å²) in [7, 11) is 0. The Kier molecular flexibility index (Phi) is 65.9. The van der Waals surface area contributed by atoms with Gasteiger partial charge in [0.1, 0.15) is 0 Å². The molecule has 0 aliphatic heterocycles. The molecule has 0 saturated heterocycles. The Hall–Kier alpha value is -1.40. The van der Waals surface area contributed by atoms with E-state index in [1.165, 1.54) is 340 Å². The van der Waals surface area contributed by atoms with Crippen LogP contribution in [0.5, 0.6) is 0 Å². The number of rotatable bonds is 67. The maximum absolute atomic E-state index is 12.4. The summed E-state index contributed by atoms with van der Waals surface area (Å²) >= 11 is 0. The van der Waals surface area contributed by atoms with Gasteiger partial charge in [0.05, 0.1) is 25.4 Å². The minimum atomic E-state index is -0.837. The van der Waals surface area contributed by atoms with Crippen molar-refractivity contribution in [2.45, 2.75) is 418 Å². The third-order valence-electron chi connectivity index (χ3n) is 16.8. The summed E-state index contributed by atoms with van der Waals surface area (Å²) in [5.74, 6) is -0.0369. The van der Waals surface area contributed by atoms with E-state index in [1.807, 2.05) is 6.08 Å². The van der Waals surface area contributed by atoms with Crippen LogP contribution in [0.4, 0.5) is 0 Å². The van der Waals surface area contributed by atoms with Gasteiger partial charge in [0, 0.05) is 12.8 Å². The molecule has 0 fully saturated rings. The maximum atomic E-state index is 12.4. The monoisotopic (exact) mass is 1090 g/mol. The Bertz CT molecular complexity index is 1160. The number of hydrogen-bond donors (Lipinski definition) is 3. The van der Waals surface area contributed by atoms with Gasteiger partial charge in [-0.2, -0.15) is 0 Å². The number of aliphatic hydroxyl groups excluding tert-OH is 2. The van der Waals surface area contributed by atoms with Gasteiger partial charge in [-0.15, -0.1) is 0 Å². The van der Waals surface area contributed by atoms with Crippen molar-refractivity contribution in [3.8, 4) is 0 Å². The van der Waals surface area contributed by atoms with Crippen molar-refractivity contribution in [2.24, 2.45) is 0 Å². The number of aliphatic hydroxyl groups is 2. The molecule has 6 heteroatoms. The molecule has 0 bridgehead atoms. The van der Waals surface area contributed by atoms with Gasteiger partial charge in [-0.1, -0.05) is 373 Å². The van der Waals surface area contributed by atoms with Gasteiger partial charge < -0.3 is 20.3 Å². The average Bonchev–Trinajstić information content (AvgIpc) is 3.43. The summed E-state index contributed by atoms with van der Waals surface area (Å²) in [4.78, 5) is 24.5. The van der Waals surface area contributed by atoms with Crippen LogP contribution < -0.4 is 5.32 Å². The van der Waals surface area contributed by atoms with E-state index in [-0.39, 0.29) is 18.5 Å². The molecule has 0 saturated carbocycles. The molecule has 2 atom stereocenters. The fourth-order valence-electron chi connectivity index (χ4n) is 11.4. The molecule has 1 amide bonds. The van der Waals surface area contributed by atoms with Crippen molar-refractivity contribution >= 4 is 11.9 Å². The van der Waals surface area contributed by atoms with Crippen molar-refractivity contribution in [3.63, 3.8) is 0 Å². The molecule has 0 aromatic carbocycles. The largest absolute Gasteiger partial charge is 0.466 e. The van der Waals surface area contributed by atoms with Gasteiger partial charge in [-0.05, 0) is 32.1 Å². The number of esters is 1. The van der Waals surface area contributed by atoms with Gasteiger partial charge in [0.25, 0.3) is 0 Å². The van der Waals surface area contributed by atoms with E-state index in [2.05, 4.69) is 19.2 Å². The minimum Gasteiger partial charge on any atom is -0.466 e. The number of hydrogen-bond acceptors (Lipinski definition) is 5. The molecule has 458 valence electrons. The van der Waals surface area contributed by atoms with Gasteiger partial charge in [0.15, 0.2) is 0 Å². The lowest BCUT2D eigenvalue weighted by Crippen LogP contribution is -2.45. The Labute approximate surface area is 482 Å². The molecule has 3 N–H and O–H groups in total. The van der Waals surface area contributed by atoms with E-state index in [9.17, 15) is 19.8 Å². The van der Waals surface area contributed by atoms with Crippen LogP contribution in [0.3, 0.4) is 0 Å². The van der Waals surface area contributed by atoms with Crippen molar-refractivity contribution in [1.82, 2.24) is 5.32 Å². The molecule has 0 rings (SSSR count). The summed E-state index contributed by atoms with van der Waals surface area (Å²) < 4.78 is 5.51. The van der Waals surface area contributed by atoms with Crippen molar-refractivity contribution in [2.75, 3.05) is 13.2 Å². The smallest absolute Gasteiger partial charge is 0.305 e. The van der Waals surface area contributed by atoms with Crippen LogP contribution in [0.2, 0.25) is 0 Å². The van der Waals surface area contributed by atoms with Gasteiger partial charge in [-0.25, -0.2) is 0 Å². The average molecular weight is 1090 g/mol. The Morgan fingerprint density at radius 3 is 0.883 bits per heavy atom. The highest BCUT2D eigenvalue weighted by Gasteiger charge is 2.18. The fourth-order valence-corrected chi connectivity index (χ4v) is 11.4. The van der Waals surface area contributed by atoms with E-state index in [0.29, 0.717) is 19.4 Å². The van der Waals surface area contributed by atoms with E-state index in [4.69, 9.17) is 4.74 Å². The second-order valence-electron chi connectivity index (χ2n) is 24.6. The molecule has 0 heterocycles. The van der Waals surface area contributed by atoms with E-state index < -0.39 is 12.1 Å². The summed E-state index contributed by atoms with van der Waals surface area (Å²) in [6.07, 6.45) is 83.3. The molecule has 0 aromatic heterocycles. The van der Waals surface area contributed by atoms with E-state index in [0.717, 1.165) is 38.5 Å². The SMILES string of the molecule is CCCCCCCCC/C=C/C(O)C(CO)NC(=O)CCCCCCCCCCCCCCCCCCCCCCCCCCCCCCCCCCCCCOC(=O)CCCCCCCCCCCCCCCCCC. The highest BCUT2D eigenvalue weighted by Crippen LogP contribution is 2.19. The topological polar surface area (TPSA) is 95.9 Å². The molecule has 77 heavy (non-hydrogen) atoms. The molecule has 0 aromatic rings. The predicted molar refractivity (Wildman–Crippen MR) is 338 cm³/mol. The number of allylic oxidation sites excluding steroid dienone is 1. The summed E-state index contributed by atoms with van der Waals surface area (Å²) in [5.41, 5.74) is 0. The number of amides is 1. The molecule has 0 aliphatic rings. The number of ether oxygens (including phenoxy) is 1. The third kappa shape index (κ3) is 63.6. The fraction of sp³-hybridized carbons (Fsp3) is 0.944. The first-order chi connectivity index (χ1) is 38.0. The zero-order valence-corrected chi connectivity index (χ0v) is 52.5. The first kappa shape index (κ1) is 75.6. The zero-order valence-electron chi connectivity index (χ0n) is 52.5. The quantitative estimate of drug-likeness (QED) is 0.0320. The first-order valence-corrected chi connectivity index (χ1v) is 35.5. The van der Waals surface area contributed by atoms with Crippen molar-refractivity contribution in [3.05, 3.63) is 12.2 Å². The predicted octanol–water partition coefficient (Wildman–Crippen LogP) is 22.8. The van der Waals surface area contributed by atoms with Gasteiger partial charge in [0.2, 0.25) is 5.91 Å². The standard InChI is InChI=1S/C71H139NO5/c1-3-5-7-9-11-13-14-15-16-39-42-45-49-53-57-61-65-71(76)77-66-62-58-54-50-46-43-40-37-35-33-31-29-27-25-23-21-19-17-18-20-22-24-26-28-30-32-34-36-38-41-44-48-52-56-60-64-70(75)72-68(67-73)69(74)63-59-55-51-47-12-10-8-6-4-2/h59,63,68-69,73-74H,3-58,60-62,64-67H2,1-2H3,(H,72,75)/b63-59+. The van der Waals surface area contributed by atoms with Crippen LogP contribution in [0.15, 0.2) is 12.2 Å². The lowest BCUT2D eigenvalue weighted by Gasteiger charge is -2.20. The van der Waals surface area contributed by atoms with Crippen LogP contribution >= 0.6 is 0 Å². The molecule has 0 spiro atoms. The molecular formula is C71H139NO5. The Morgan fingerprint density at radius 2 is 0.597 bits per heavy atom. The maximum Gasteiger partial charge on any atom is 0.305 e. The van der Waals surface area contributed by atoms with Gasteiger partial charge in [-0.3, -0.25) is 9.59 Å². The van der Waals surface area contributed by atoms with Gasteiger partial charge >= 0.3 is 5.97 Å². The third-order valence-corrected chi connectivity index (χ3v) is 16.8. The normalized spacial score (nSPS) is 12.5. The second kappa shape index (κ2) is 67.1. The molecule has 0 radical (unpaired) electrons. The lowest BCUT2D eigenvalue weighted by atomic mass is 10.0. The molecule has 0 aliphatic carbocycles. The number of carbonyl (C=O) groups is 2. The summed E-state index contributed by atoms with van der Waals surface area (Å²) in [6.45, 7) is 4.92. The summed E-state index contributed by atoms with van der Waals surface area (Å²) in [5, 5.41) is 23.0. The number of nitrogens with one attached hydrogen (secondary N) is 1. The number of unbranched alkanes of at least 4 members (excludes halogenated alkanes) is 56. The van der Waals surface area contributed by atoms with Crippen molar-refractivity contribution in [1.29, 1.82) is 0 Å². The first-order valence-electron chi connectivity index (χ1n) is 35.5. The molecule has 6 nitrogen and oxygen atoms in total. The van der Waals surface area contributed by atoms with Crippen LogP contribution in [0.1, 0.15) is 406 Å². The Morgan fingerprint density at radius 1 is 0.351 bits per heavy atom. The van der Waals surface area contributed by atoms with Crippen molar-refractivity contribution < 1.29 is 24.5 Å². The Balaban J connectivity index is 3.27. The highest BCUT2D eigenvalue weighted by molar-refractivity contribution is 5.76. The second-order valence-corrected chi connectivity index (χ2v) is 24.6. The number of carbonyl (C=O) groups excluding carboxylic acids is 2. The zero-order chi connectivity index (χ0) is 55.7. The molecular weight excluding hydrogens is 947 g/mol. The minimum absolute atomic E-state index is 0.0266. The highest BCUT2D eigenvalue weighted by atomic mass is 16.5. The van der Waals surface area contributed by atoms with Crippen LogP contribution in [-0.4, -0.2) is 47.4 Å².